The molecule has 0 saturated carbocycles. The van der Waals surface area contributed by atoms with Gasteiger partial charge in [0, 0.05) is 13.1 Å². The second kappa shape index (κ2) is 8.48. The first-order valence-corrected chi connectivity index (χ1v) is 9.25. The van der Waals surface area contributed by atoms with Crippen LogP contribution < -0.4 is 10.2 Å². The largest absolute Gasteiger partial charge is 0.349 e. The molecule has 9 heteroatoms. The summed E-state index contributed by atoms with van der Waals surface area (Å²) in [5, 5.41) is 11.7. The Hall–Kier alpha value is -1.61. The molecule has 134 valence electrons. The lowest BCUT2D eigenvalue weighted by Gasteiger charge is -2.32. The van der Waals surface area contributed by atoms with Crippen LogP contribution in [0.1, 0.15) is 19.7 Å². The molecule has 1 aromatic heterocycles. The Morgan fingerprint density at radius 2 is 1.96 bits per heavy atom. The maximum Gasteiger partial charge on any atom is 0.275 e. The van der Waals surface area contributed by atoms with Gasteiger partial charge >= 0.3 is 0 Å². The second-order valence-electron chi connectivity index (χ2n) is 6.41. The highest BCUT2D eigenvalue weighted by molar-refractivity contribution is 7.99. The van der Waals surface area contributed by atoms with E-state index in [1.165, 1.54) is 16.7 Å². The number of thioether (sulfide) groups is 1. The van der Waals surface area contributed by atoms with Crippen molar-refractivity contribution in [2.45, 2.75) is 32.0 Å². The molecule has 1 aromatic rings. The number of nitrogens with one attached hydrogen (secondary N) is 2. The maximum atomic E-state index is 12.3. The molecular formula is C15H27N6O2S+. The van der Waals surface area contributed by atoms with E-state index < -0.39 is 0 Å². The van der Waals surface area contributed by atoms with Crippen LogP contribution in [0, 0.1) is 6.92 Å². The monoisotopic (exact) mass is 355 g/mol. The number of hydrogen-bond acceptors (Lipinski definition) is 5. The van der Waals surface area contributed by atoms with Crippen LogP contribution in [0.25, 0.3) is 0 Å². The topological polar surface area (TPSA) is 84.6 Å². The Morgan fingerprint density at radius 3 is 2.50 bits per heavy atom. The maximum absolute atomic E-state index is 12.3. The van der Waals surface area contributed by atoms with Gasteiger partial charge < -0.3 is 19.7 Å². The molecule has 2 rings (SSSR count). The standard InChI is InChI=1S/C15H26N6O2S/c1-11(2)16-13(22)9-20-5-7-21(8-6-20)14(23)10-24-15-18-17-12(3)19(15)4/h11H,5-10H2,1-4H3,(H,16,22)/p+1. The zero-order valence-electron chi connectivity index (χ0n) is 14.8. The SMILES string of the molecule is Cc1nnc(SCC(=O)N2CC[NH+](CC(=O)NC(C)C)CC2)n1C. The molecule has 0 atom stereocenters. The Balaban J connectivity index is 1.72. The van der Waals surface area contributed by atoms with Crippen molar-refractivity contribution in [1.82, 2.24) is 25.0 Å². The van der Waals surface area contributed by atoms with Gasteiger partial charge in [-0.1, -0.05) is 11.8 Å². The summed E-state index contributed by atoms with van der Waals surface area (Å²) in [5.41, 5.74) is 0. The first-order valence-electron chi connectivity index (χ1n) is 8.26. The van der Waals surface area contributed by atoms with Gasteiger partial charge in [0.05, 0.1) is 31.9 Å². The van der Waals surface area contributed by atoms with Crippen LogP contribution in [-0.4, -0.2) is 76.0 Å². The number of amides is 2. The third kappa shape index (κ3) is 5.20. The van der Waals surface area contributed by atoms with E-state index >= 15 is 0 Å². The molecule has 2 N–H and O–H groups in total. The Morgan fingerprint density at radius 1 is 1.29 bits per heavy atom. The second-order valence-corrected chi connectivity index (χ2v) is 7.35. The number of piperazine rings is 1. The molecule has 1 fully saturated rings. The number of rotatable bonds is 6. The van der Waals surface area contributed by atoms with Gasteiger partial charge in [-0.3, -0.25) is 9.59 Å². The van der Waals surface area contributed by atoms with Gasteiger partial charge in [-0.25, -0.2) is 0 Å². The molecule has 24 heavy (non-hydrogen) atoms. The number of aromatic nitrogens is 3. The molecule has 1 aliphatic rings. The summed E-state index contributed by atoms with van der Waals surface area (Å²) in [5.74, 6) is 1.40. The normalized spacial score (nSPS) is 15.8. The molecule has 0 bridgehead atoms. The van der Waals surface area contributed by atoms with Crippen molar-refractivity contribution in [2.24, 2.45) is 7.05 Å². The van der Waals surface area contributed by atoms with Crippen molar-refractivity contribution in [1.29, 1.82) is 0 Å². The van der Waals surface area contributed by atoms with E-state index in [2.05, 4.69) is 15.5 Å². The molecule has 0 aromatic carbocycles. The average molecular weight is 355 g/mol. The summed E-state index contributed by atoms with van der Waals surface area (Å²) in [7, 11) is 1.90. The quantitative estimate of drug-likeness (QED) is 0.605. The van der Waals surface area contributed by atoms with Gasteiger partial charge in [0.25, 0.3) is 5.91 Å². The van der Waals surface area contributed by atoms with Crippen molar-refractivity contribution in [2.75, 3.05) is 38.5 Å². The van der Waals surface area contributed by atoms with Gasteiger partial charge in [-0.05, 0) is 20.8 Å². The lowest BCUT2D eigenvalue weighted by molar-refractivity contribution is -0.896. The fourth-order valence-electron chi connectivity index (χ4n) is 2.58. The predicted molar refractivity (Wildman–Crippen MR) is 91.9 cm³/mol. The average Bonchev–Trinajstić information content (AvgIpc) is 2.84. The highest BCUT2D eigenvalue weighted by Crippen LogP contribution is 2.15. The summed E-state index contributed by atoms with van der Waals surface area (Å²) in [4.78, 5) is 27.2. The summed E-state index contributed by atoms with van der Waals surface area (Å²) < 4.78 is 1.88. The van der Waals surface area contributed by atoms with Gasteiger partial charge in [-0.15, -0.1) is 10.2 Å². The van der Waals surface area contributed by atoms with E-state index in [0.29, 0.717) is 25.4 Å². The summed E-state index contributed by atoms with van der Waals surface area (Å²) in [6, 6.07) is 0.168. The third-order valence-corrected chi connectivity index (χ3v) is 5.07. The van der Waals surface area contributed by atoms with Crippen LogP contribution in [0.15, 0.2) is 5.16 Å². The number of aryl methyl sites for hydroxylation is 1. The molecule has 0 radical (unpaired) electrons. The van der Waals surface area contributed by atoms with Gasteiger partial charge in [-0.2, -0.15) is 0 Å². The van der Waals surface area contributed by atoms with Crippen LogP contribution >= 0.6 is 11.8 Å². The minimum absolute atomic E-state index is 0.0768. The van der Waals surface area contributed by atoms with Gasteiger partial charge in [0.15, 0.2) is 11.7 Å². The number of nitrogens with zero attached hydrogens (tertiary/aromatic N) is 4. The number of carbonyl (C=O) groups excluding carboxylic acids is 2. The Bertz CT molecular complexity index is 581. The molecule has 0 aliphatic carbocycles. The van der Waals surface area contributed by atoms with E-state index in [4.69, 9.17) is 0 Å². The molecule has 1 saturated heterocycles. The Labute approximate surface area is 147 Å². The first-order chi connectivity index (χ1) is 11.4. The fourth-order valence-corrected chi connectivity index (χ4v) is 3.44. The van der Waals surface area contributed by atoms with Crippen LogP contribution in [0.4, 0.5) is 0 Å². The van der Waals surface area contributed by atoms with Crippen molar-refractivity contribution >= 4 is 23.6 Å². The summed E-state index contributed by atoms with van der Waals surface area (Å²) >= 11 is 1.42. The van der Waals surface area contributed by atoms with Crippen LogP contribution in [0.3, 0.4) is 0 Å². The minimum Gasteiger partial charge on any atom is -0.349 e. The summed E-state index contributed by atoms with van der Waals surface area (Å²) in [6.07, 6.45) is 0. The van der Waals surface area contributed by atoms with E-state index in [-0.39, 0.29) is 17.9 Å². The van der Waals surface area contributed by atoms with E-state index in [1.807, 2.05) is 37.3 Å². The molecule has 2 amide bonds. The minimum atomic E-state index is 0.0768. The van der Waals surface area contributed by atoms with E-state index in [1.54, 1.807) is 0 Å². The Kier molecular flexibility index (Phi) is 6.61. The fraction of sp³-hybridized carbons (Fsp3) is 0.733. The van der Waals surface area contributed by atoms with Crippen LogP contribution in [-0.2, 0) is 16.6 Å². The van der Waals surface area contributed by atoms with E-state index in [9.17, 15) is 9.59 Å². The van der Waals surface area contributed by atoms with Gasteiger partial charge in [0.2, 0.25) is 5.91 Å². The van der Waals surface area contributed by atoms with Gasteiger partial charge in [0.1, 0.15) is 5.82 Å². The van der Waals surface area contributed by atoms with E-state index in [0.717, 1.165) is 24.1 Å². The predicted octanol–water partition coefficient (Wildman–Crippen LogP) is -1.53. The molecule has 8 nitrogen and oxygen atoms in total. The lowest BCUT2D eigenvalue weighted by Crippen LogP contribution is -3.16. The highest BCUT2D eigenvalue weighted by Gasteiger charge is 2.25. The zero-order valence-corrected chi connectivity index (χ0v) is 15.7. The number of carbonyl (C=O) groups is 2. The molecule has 1 aliphatic heterocycles. The number of hydrogen-bond donors (Lipinski definition) is 2. The smallest absolute Gasteiger partial charge is 0.275 e. The lowest BCUT2D eigenvalue weighted by atomic mass is 10.3. The first kappa shape index (κ1) is 18.7. The third-order valence-electron chi connectivity index (χ3n) is 4.06. The number of quaternary nitrogens is 1. The molecular weight excluding hydrogens is 328 g/mol. The highest BCUT2D eigenvalue weighted by atomic mass is 32.2. The van der Waals surface area contributed by atoms with Crippen molar-refractivity contribution in [3.05, 3.63) is 5.82 Å². The van der Waals surface area contributed by atoms with Crippen molar-refractivity contribution in [3.8, 4) is 0 Å². The molecule has 0 spiro atoms. The molecule has 0 unspecified atom stereocenters. The molecule has 2 heterocycles. The van der Waals surface area contributed by atoms with Crippen molar-refractivity contribution < 1.29 is 14.5 Å². The van der Waals surface area contributed by atoms with Crippen LogP contribution in [0.2, 0.25) is 0 Å². The zero-order chi connectivity index (χ0) is 17.7. The van der Waals surface area contributed by atoms with Crippen LogP contribution in [0.5, 0.6) is 0 Å². The van der Waals surface area contributed by atoms with Crippen molar-refractivity contribution in [3.63, 3.8) is 0 Å². The summed E-state index contributed by atoms with van der Waals surface area (Å²) in [6.45, 7) is 9.29.